The number of nitrogens with zero attached hydrogens (tertiary/aromatic N) is 1. The highest BCUT2D eigenvalue weighted by atomic mass is 19.1. The first-order chi connectivity index (χ1) is 15.3. The SMILES string of the molecule is CCC1(O)C(=O)OCC(C=O)=C1/C=C1\NCc2c1nc1cc(F)c(C)c3c1c2C(N)CC3. The number of aryl methyl sites for hydroxylation is 1. The van der Waals surface area contributed by atoms with E-state index >= 15 is 0 Å². The summed E-state index contributed by atoms with van der Waals surface area (Å²) in [5, 5.41) is 15.2. The molecule has 0 saturated heterocycles. The fourth-order valence-corrected chi connectivity index (χ4v) is 5.10. The van der Waals surface area contributed by atoms with Crippen molar-refractivity contribution in [3.05, 3.63) is 57.1 Å². The van der Waals surface area contributed by atoms with E-state index in [9.17, 15) is 19.1 Å². The molecule has 3 heterocycles. The zero-order valence-electron chi connectivity index (χ0n) is 17.9. The molecule has 7 nitrogen and oxygen atoms in total. The predicted octanol–water partition coefficient (Wildman–Crippen LogP) is 2.27. The molecule has 1 aromatic carbocycles. The van der Waals surface area contributed by atoms with Crippen LogP contribution in [0.25, 0.3) is 16.6 Å². The fourth-order valence-electron chi connectivity index (χ4n) is 5.10. The standard InChI is InChI=1S/C24H24FN3O4/c1-3-24(31)15(12(9-29)10-32-23(24)30)6-19-22-14(8-27-19)20-17(26)5-4-13-11(2)16(25)7-18(28-22)21(13)20/h6-7,9,17,27,31H,3-5,8,10,26H2,1-2H3/b19-6-. The van der Waals surface area contributed by atoms with Gasteiger partial charge in [0, 0.05) is 40.7 Å². The summed E-state index contributed by atoms with van der Waals surface area (Å²) in [7, 11) is 0. The Morgan fingerprint density at radius 2 is 2.22 bits per heavy atom. The number of fused-ring (bicyclic) bond motifs is 2. The van der Waals surface area contributed by atoms with Crippen molar-refractivity contribution in [1.82, 2.24) is 10.3 Å². The topological polar surface area (TPSA) is 115 Å². The first kappa shape index (κ1) is 20.8. The van der Waals surface area contributed by atoms with Crippen LogP contribution in [0.3, 0.4) is 0 Å². The molecule has 0 radical (unpaired) electrons. The van der Waals surface area contributed by atoms with Gasteiger partial charge in [0.2, 0.25) is 0 Å². The van der Waals surface area contributed by atoms with Crippen LogP contribution >= 0.6 is 0 Å². The highest BCUT2D eigenvalue weighted by Gasteiger charge is 2.44. The Bertz CT molecular complexity index is 1270. The lowest BCUT2D eigenvalue weighted by Crippen LogP contribution is -2.45. The number of ether oxygens (including phenoxy) is 1. The third kappa shape index (κ3) is 2.76. The smallest absolute Gasteiger partial charge is 0.343 e. The van der Waals surface area contributed by atoms with Gasteiger partial charge in [-0.2, -0.15) is 0 Å². The molecular formula is C24H24FN3O4. The second-order valence-corrected chi connectivity index (χ2v) is 8.61. The number of carbonyl (C=O) groups is 2. The van der Waals surface area contributed by atoms with Gasteiger partial charge in [-0.3, -0.25) is 4.79 Å². The van der Waals surface area contributed by atoms with Crippen molar-refractivity contribution >= 4 is 28.9 Å². The zero-order valence-corrected chi connectivity index (χ0v) is 17.9. The Labute approximate surface area is 184 Å². The summed E-state index contributed by atoms with van der Waals surface area (Å²) in [4.78, 5) is 28.7. The molecule has 0 saturated carbocycles. The van der Waals surface area contributed by atoms with Gasteiger partial charge in [0.05, 0.1) is 16.9 Å². The van der Waals surface area contributed by atoms with E-state index in [1.165, 1.54) is 6.07 Å². The number of nitrogens with two attached hydrogens (primary N) is 1. The van der Waals surface area contributed by atoms with Crippen molar-refractivity contribution in [1.29, 1.82) is 0 Å². The van der Waals surface area contributed by atoms with E-state index in [-0.39, 0.29) is 36.0 Å². The number of esters is 1. The number of cyclic esters (lactones) is 1. The highest BCUT2D eigenvalue weighted by Crippen LogP contribution is 2.42. The number of carbonyl (C=O) groups excluding carboxylic acids is 2. The van der Waals surface area contributed by atoms with E-state index in [0.717, 1.165) is 22.1 Å². The van der Waals surface area contributed by atoms with Crippen LogP contribution in [0.4, 0.5) is 4.39 Å². The Morgan fingerprint density at radius 1 is 1.44 bits per heavy atom. The maximum atomic E-state index is 14.6. The number of nitrogens with one attached hydrogen (secondary N) is 1. The van der Waals surface area contributed by atoms with Gasteiger partial charge in [-0.25, -0.2) is 14.2 Å². The Kier molecular flexibility index (Phi) is 4.69. The number of rotatable bonds is 3. The molecule has 2 aromatic rings. The molecule has 0 bridgehead atoms. The van der Waals surface area contributed by atoms with E-state index in [4.69, 9.17) is 15.5 Å². The Morgan fingerprint density at radius 3 is 2.94 bits per heavy atom. The van der Waals surface area contributed by atoms with Crippen LogP contribution < -0.4 is 11.1 Å². The first-order valence-corrected chi connectivity index (χ1v) is 10.7. The lowest BCUT2D eigenvalue weighted by molar-refractivity contribution is -0.162. The molecular weight excluding hydrogens is 413 g/mol. The molecule has 0 fully saturated rings. The van der Waals surface area contributed by atoms with Crippen molar-refractivity contribution in [3.8, 4) is 0 Å². The molecule has 1 aliphatic carbocycles. The predicted molar refractivity (Wildman–Crippen MR) is 116 cm³/mol. The van der Waals surface area contributed by atoms with E-state index < -0.39 is 11.6 Å². The maximum absolute atomic E-state index is 14.6. The number of aromatic nitrogens is 1. The van der Waals surface area contributed by atoms with Crippen molar-refractivity contribution < 1.29 is 23.8 Å². The first-order valence-electron chi connectivity index (χ1n) is 10.7. The van der Waals surface area contributed by atoms with Gasteiger partial charge >= 0.3 is 5.97 Å². The van der Waals surface area contributed by atoms with Crippen LogP contribution in [0.15, 0.2) is 23.3 Å². The van der Waals surface area contributed by atoms with Crippen LogP contribution in [0, 0.1) is 12.7 Å². The number of pyridine rings is 1. The number of benzene rings is 1. The van der Waals surface area contributed by atoms with E-state index in [0.29, 0.717) is 48.1 Å². The molecule has 5 rings (SSSR count). The van der Waals surface area contributed by atoms with Crippen molar-refractivity contribution in [2.75, 3.05) is 6.61 Å². The van der Waals surface area contributed by atoms with Gasteiger partial charge in [0.15, 0.2) is 5.60 Å². The van der Waals surface area contributed by atoms with Crippen LogP contribution in [0.1, 0.15) is 53.8 Å². The minimum atomic E-state index is -1.93. The summed E-state index contributed by atoms with van der Waals surface area (Å²) in [5.41, 5.74) is 10.1. The largest absolute Gasteiger partial charge is 0.458 e. The number of hydrogen-bond acceptors (Lipinski definition) is 7. The van der Waals surface area contributed by atoms with Gasteiger partial charge in [0.25, 0.3) is 0 Å². The number of aldehydes is 1. The maximum Gasteiger partial charge on any atom is 0.343 e. The van der Waals surface area contributed by atoms with Crippen LogP contribution in [-0.2, 0) is 27.3 Å². The van der Waals surface area contributed by atoms with Crippen molar-refractivity contribution in [2.24, 2.45) is 5.73 Å². The number of hydrogen-bond donors (Lipinski definition) is 3. The van der Waals surface area contributed by atoms with Gasteiger partial charge < -0.3 is 20.9 Å². The van der Waals surface area contributed by atoms with Gasteiger partial charge in [-0.1, -0.05) is 6.92 Å². The summed E-state index contributed by atoms with van der Waals surface area (Å²) in [6.45, 7) is 3.68. The minimum absolute atomic E-state index is 0.0459. The monoisotopic (exact) mass is 437 g/mol. The lowest BCUT2D eigenvalue weighted by Gasteiger charge is -2.31. The molecule has 3 aliphatic rings. The number of halogens is 1. The molecule has 2 unspecified atom stereocenters. The van der Waals surface area contributed by atoms with E-state index in [1.807, 2.05) is 0 Å². The van der Waals surface area contributed by atoms with E-state index in [2.05, 4.69) is 5.32 Å². The highest BCUT2D eigenvalue weighted by molar-refractivity contribution is 5.95. The minimum Gasteiger partial charge on any atom is -0.458 e. The summed E-state index contributed by atoms with van der Waals surface area (Å²) >= 11 is 0. The molecule has 2 aliphatic heterocycles. The molecule has 1 aromatic heterocycles. The van der Waals surface area contributed by atoms with Crippen LogP contribution in [0.5, 0.6) is 0 Å². The van der Waals surface area contributed by atoms with E-state index in [1.54, 1.807) is 19.9 Å². The second-order valence-electron chi connectivity index (χ2n) is 8.61. The van der Waals surface area contributed by atoms with Gasteiger partial charge in [-0.15, -0.1) is 0 Å². The van der Waals surface area contributed by atoms with Crippen molar-refractivity contribution in [2.45, 2.75) is 51.3 Å². The normalized spacial score (nSPS) is 25.7. The zero-order chi connectivity index (χ0) is 22.8. The van der Waals surface area contributed by atoms with Gasteiger partial charge in [0.1, 0.15) is 18.7 Å². The molecule has 2 atom stereocenters. The Balaban J connectivity index is 1.76. The number of aliphatic hydroxyl groups is 1. The average Bonchev–Trinajstić information content (AvgIpc) is 3.18. The Hall–Kier alpha value is -3.10. The third-order valence-electron chi connectivity index (χ3n) is 6.96. The molecule has 0 amide bonds. The summed E-state index contributed by atoms with van der Waals surface area (Å²) in [6, 6.07) is 1.23. The fraction of sp³-hybridized carbons (Fsp3) is 0.375. The average molecular weight is 437 g/mol. The second kappa shape index (κ2) is 7.21. The van der Waals surface area contributed by atoms with Crippen LogP contribution in [-0.4, -0.2) is 34.6 Å². The molecule has 4 N–H and O–H groups in total. The third-order valence-corrected chi connectivity index (χ3v) is 6.96. The lowest BCUT2D eigenvalue weighted by atomic mass is 9.82. The summed E-state index contributed by atoms with van der Waals surface area (Å²) in [5.74, 6) is -1.10. The molecule has 8 heteroatoms. The summed E-state index contributed by atoms with van der Waals surface area (Å²) < 4.78 is 19.6. The molecule has 32 heavy (non-hydrogen) atoms. The molecule has 0 spiro atoms. The van der Waals surface area contributed by atoms with Crippen LogP contribution in [0.2, 0.25) is 0 Å². The molecule has 166 valence electrons. The summed E-state index contributed by atoms with van der Waals surface area (Å²) in [6.07, 6.45) is 3.64. The van der Waals surface area contributed by atoms with Crippen molar-refractivity contribution in [3.63, 3.8) is 0 Å². The van der Waals surface area contributed by atoms with Gasteiger partial charge in [-0.05, 0) is 49.0 Å². The quantitative estimate of drug-likeness (QED) is 0.498.